The molecule has 0 aliphatic carbocycles. The van der Waals surface area contributed by atoms with Crippen LogP contribution in [-0.4, -0.2) is 113 Å². The lowest BCUT2D eigenvalue weighted by atomic mass is 10.0. The van der Waals surface area contributed by atoms with E-state index >= 15 is 0 Å². The molecule has 5 aromatic rings. The van der Waals surface area contributed by atoms with Gasteiger partial charge in [-0.25, -0.2) is 4.98 Å². The molecule has 14 nitrogen and oxygen atoms in total. The Kier molecular flexibility index (Phi) is 16.7. The van der Waals surface area contributed by atoms with Gasteiger partial charge >= 0.3 is 0 Å². The average molecular weight is 1010 g/mol. The number of piperidine rings is 1. The van der Waals surface area contributed by atoms with E-state index in [0.717, 1.165) is 115 Å². The van der Waals surface area contributed by atoms with Gasteiger partial charge in [-0.15, -0.1) is 0 Å². The van der Waals surface area contributed by atoms with E-state index in [9.17, 15) is 19.2 Å². The first kappa shape index (κ1) is 52.9. The number of rotatable bonds is 21. The number of imide groups is 1. The first-order chi connectivity index (χ1) is 34.4. The number of aryl methyl sites for hydroxylation is 3. The van der Waals surface area contributed by atoms with Gasteiger partial charge in [-0.05, 0) is 107 Å². The molecule has 2 atom stereocenters. The van der Waals surface area contributed by atoms with Crippen LogP contribution < -0.4 is 5.32 Å². The Morgan fingerprint density at radius 1 is 0.847 bits per heavy atom. The smallest absolute Gasteiger partial charge is 0.256 e. The molecule has 0 spiro atoms. The number of aromatic nitrogens is 4. The number of carbonyl (C=O) groups excluding carboxylic acids is 4. The molecule has 2 fully saturated rings. The van der Waals surface area contributed by atoms with Gasteiger partial charge in [0.1, 0.15) is 25.3 Å². The zero-order valence-electron chi connectivity index (χ0n) is 44.3. The zero-order valence-corrected chi connectivity index (χ0v) is 46.3. The summed E-state index contributed by atoms with van der Waals surface area (Å²) in [6.45, 7) is 21.8. The molecular formula is C56H76N8O6Si2. The van der Waals surface area contributed by atoms with Crippen LogP contribution in [-0.2, 0) is 38.9 Å². The zero-order chi connectivity index (χ0) is 51.3. The first-order valence-corrected chi connectivity index (χ1v) is 33.7. The Morgan fingerprint density at radius 3 is 2.32 bits per heavy atom. The fraction of sp³-hybridized carbons (Fsp3) is 0.536. The number of nitrogens with zero attached hydrogens (tertiary/aromatic N) is 7. The number of hydrogen-bond donors (Lipinski definition) is 1. The SMILES string of the molecule is Cc1nn(CCCCCCCC#Cc2cccc3c2CN(C2CCC(=O)N(COCC[Si](C)(C)C)C2=O)C3=O)c2cc(C(=O)Nc3cc4c(cn3)c(C)c([C@H]3CCCN3C)n4COCC[Si](C)(C)C)ccc12. The highest BCUT2D eigenvalue weighted by atomic mass is 28.3. The van der Waals surface area contributed by atoms with E-state index in [4.69, 9.17) is 19.6 Å². The molecule has 8 rings (SSSR count). The summed E-state index contributed by atoms with van der Waals surface area (Å²) in [6.07, 6.45) is 10.5. The summed E-state index contributed by atoms with van der Waals surface area (Å²) in [7, 11) is -0.361. The van der Waals surface area contributed by atoms with Crippen molar-refractivity contribution in [3.8, 4) is 11.8 Å². The predicted molar refractivity (Wildman–Crippen MR) is 290 cm³/mol. The Morgan fingerprint density at radius 2 is 1.58 bits per heavy atom. The van der Waals surface area contributed by atoms with E-state index in [2.05, 4.69) is 79.9 Å². The van der Waals surface area contributed by atoms with Crippen LogP contribution in [0.4, 0.5) is 5.82 Å². The van der Waals surface area contributed by atoms with Crippen LogP contribution >= 0.6 is 0 Å². The van der Waals surface area contributed by atoms with E-state index in [1.165, 1.54) is 22.6 Å². The number of unbranched alkanes of at least 4 members (excludes halogenated alkanes) is 5. The highest BCUT2D eigenvalue weighted by Crippen LogP contribution is 2.38. The number of anilines is 1. The van der Waals surface area contributed by atoms with Crippen molar-refractivity contribution in [2.45, 2.75) is 161 Å². The summed E-state index contributed by atoms with van der Waals surface area (Å²) >= 11 is 0. The maximum Gasteiger partial charge on any atom is 0.256 e. The second-order valence-corrected chi connectivity index (χ2v) is 33.9. The third-order valence-corrected chi connectivity index (χ3v) is 18.1. The summed E-state index contributed by atoms with van der Waals surface area (Å²) in [5.41, 5.74) is 8.20. The minimum absolute atomic E-state index is 0.0722. The highest BCUT2D eigenvalue weighted by Gasteiger charge is 2.43. The van der Waals surface area contributed by atoms with E-state index in [1.54, 1.807) is 11.0 Å². The van der Waals surface area contributed by atoms with Crippen molar-refractivity contribution in [2.75, 3.05) is 38.9 Å². The molecule has 0 saturated carbocycles. The number of carbonyl (C=O) groups is 4. The average Bonchev–Trinajstić information content (AvgIpc) is 4.07. The van der Waals surface area contributed by atoms with E-state index in [1.807, 2.05) is 54.2 Å². The van der Waals surface area contributed by atoms with Crippen LogP contribution in [0, 0.1) is 25.7 Å². The molecule has 3 aromatic heterocycles. The number of pyridine rings is 1. The molecule has 72 heavy (non-hydrogen) atoms. The predicted octanol–water partition coefficient (Wildman–Crippen LogP) is 10.5. The van der Waals surface area contributed by atoms with Gasteiger partial charge in [-0.2, -0.15) is 5.10 Å². The van der Waals surface area contributed by atoms with Crippen LogP contribution in [0.2, 0.25) is 51.4 Å². The minimum Gasteiger partial charge on any atom is -0.361 e. The van der Waals surface area contributed by atoms with Crippen molar-refractivity contribution in [3.63, 3.8) is 0 Å². The summed E-state index contributed by atoms with van der Waals surface area (Å²) in [5, 5.41) is 10.1. The molecule has 3 aliphatic heterocycles. The monoisotopic (exact) mass is 1010 g/mol. The van der Waals surface area contributed by atoms with Gasteiger partial charge in [-0.3, -0.25) is 33.7 Å². The number of amides is 4. The van der Waals surface area contributed by atoms with Crippen LogP contribution in [0.15, 0.2) is 48.7 Å². The number of nitrogens with one attached hydrogen (secondary N) is 1. The van der Waals surface area contributed by atoms with Crippen molar-refractivity contribution in [3.05, 3.63) is 87.9 Å². The van der Waals surface area contributed by atoms with Crippen LogP contribution in [0.3, 0.4) is 0 Å². The quantitative estimate of drug-likeness (QED) is 0.0329. The molecule has 0 radical (unpaired) electrons. The molecule has 4 amide bonds. The number of hydrogen-bond acceptors (Lipinski definition) is 9. The Labute approximate surface area is 428 Å². The maximum absolute atomic E-state index is 13.9. The van der Waals surface area contributed by atoms with Crippen molar-refractivity contribution in [1.29, 1.82) is 0 Å². The molecule has 384 valence electrons. The van der Waals surface area contributed by atoms with Gasteiger partial charge in [-0.1, -0.05) is 82.5 Å². The number of likely N-dealkylation sites (tertiary alicyclic amines) is 2. The minimum atomic E-state index is -1.32. The van der Waals surface area contributed by atoms with Crippen LogP contribution in [0.5, 0.6) is 0 Å². The van der Waals surface area contributed by atoms with Crippen molar-refractivity contribution >= 4 is 67.4 Å². The largest absolute Gasteiger partial charge is 0.361 e. The Bertz CT molecular complexity index is 2880. The molecule has 3 aliphatic rings. The van der Waals surface area contributed by atoms with Crippen molar-refractivity contribution < 1.29 is 28.7 Å². The third kappa shape index (κ3) is 12.3. The van der Waals surface area contributed by atoms with E-state index in [-0.39, 0.29) is 36.8 Å². The number of fused-ring (bicyclic) bond motifs is 3. The first-order valence-electron chi connectivity index (χ1n) is 26.3. The molecule has 0 bridgehead atoms. The van der Waals surface area contributed by atoms with Crippen molar-refractivity contribution in [1.82, 2.24) is 34.0 Å². The highest BCUT2D eigenvalue weighted by molar-refractivity contribution is 6.76. The summed E-state index contributed by atoms with van der Waals surface area (Å²) in [4.78, 5) is 63.7. The summed E-state index contributed by atoms with van der Waals surface area (Å²) < 4.78 is 16.5. The van der Waals surface area contributed by atoms with Crippen LogP contribution in [0.1, 0.15) is 119 Å². The Balaban J connectivity index is 0.823. The topological polar surface area (TPSA) is 144 Å². The molecule has 1 unspecified atom stereocenters. The Hall–Kier alpha value is -5.45. The second-order valence-electron chi connectivity index (χ2n) is 22.7. The van der Waals surface area contributed by atoms with Gasteiger partial charge in [0, 0.05) is 101 Å². The van der Waals surface area contributed by atoms with E-state index in [0.29, 0.717) is 49.3 Å². The number of ether oxygens (including phenoxy) is 2. The lowest BCUT2D eigenvalue weighted by Crippen LogP contribution is -2.55. The fourth-order valence-corrected chi connectivity index (χ4v) is 11.9. The summed E-state index contributed by atoms with van der Waals surface area (Å²) in [5.74, 6) is 6.15. The van der Waals surface area contributed by atoms with Gasteiger partial charge in [0.15, 0.2) is 0 Å². The third-order valence-electron chi connectivity index (χ3n) is 14.7. The van der Waals surface area contributed by atoms with Gasteiger partial charge in [0.25, 0.3) is 17.7 Å². The molecular weight excluding hydrogens is 937 g/mol. The number of benzene rings is 2. The van der Waals surface area contributed by atoms with Gasteiger partial charge in [0.05, 0.1) is 22.8 Å². The summed E-state index contributed by atoms with van der Waals surface area (Å²) in [6, 6.07) is 15.1. The molecule has 16 heteroatoms. The molecule has 6 heterocycles. The lowest BCUT2D eigenvalue weighted by Gasteiger charge is -2.35. The van der Waals surface area contributed by atoms with Crippen LogP contribution in [0.25, 0.3) is 21.8 Å². The lowest BCUT2D eigenvalue weighted by molar-refractivity contribution is -0.158. The second kappa shape index (κ2) is 22.8. The molecule has 1 N–H and O–H groups in total. The van der Waals surface area contributed by atoms with E-state index < -0.39 is 22.2 Å². The van der Waals surface area contributed by atoms with Gasteiger partial charge in [0.2, 0.25) is 5.91 Å². The van der Waals surface area contributed by atoms with Gasteiger partial charge < -0.3 is 24.3 Å². The fourth-order valence-electron chi connectivity index (χ4n) is 10.4. The molecule has 2 saturated heterocycles. The normalized spacial score (nSPS) is 17.7. The van der Waals surface area contributed by atoms with Crippen molar-refractivity contribution in [2.24, 2.45) is 0 Å². The maximum atomic E-state index is 13.9. The standard InChI is InChI=1S/C56H76N8O6Si2/c1-39-45-35-57-51(34-49(45)62(37-69-29-31-71(4,5)6)53(39)47-22-18-27-60(47)3)58-54(66)42-23-24-43-40(2)59-64(50(43)33-42)28-16-14-12-10-11-13-15-19-41-20-17-21-44-46(41)36-61(55(44)67)48-25-26-52(65)63(56(48)68)38-70-30-32-72(7,8)9/h17,20-21,23-24,33-35,47-48H,10-14,16,18,22,25-32,36-38H2,1-9H3,(H,57,58,66)/t47-,48?/m1/s1. The molecule has 2 aromatic carbocycles.